The molecule has 0 spiro atoms. The number of aliphatic hydroxyl groups excluding tert-OH is 1. The second-order valence-electron chi connectivity index (χ2n) is 5.23. The van der Waals surface area contributed by atoms with E-state index >= 15 is 0 Å². The summed E-state index contributed by atoms with van der Waals surface area (Å²) < 4.78 is 0. The molecule has 0 heterocycles. The van der Waals surface area contributed by atoms with Crippen LogP contribution in [0.5, 0.6) is 0 Å². The Bertz CT molecular complexity index is 444. The molecule has 0 aliphatic carbocycles. The molecule has 20 heavy (non-hydrogen) atoms. The lowest BCUT2D eigenvalue weighted by molar-refractivity contribution is -0.143. The molecule has 0 radical (unpaired) electrons. The van der Waals surface area contributed by atoms with E-state index in [1.807, 2.05) is 32.0 Å². The summed E-state index contributed by atoms with van der Waals surface area (Å²) in [6.07, 6.45) is -0.674. The molecule has 0 fully saturated rings. The van der Waals surface area contributed by atoms with E-state index in [0.717, 1.165) is 5.56 Å². The minimum atomic E-state index is -1.17. The smallest absolute Gasteiger partial charge is 0.326 e. The van der Waals surface area contributed by atoms with Gasteiger partial charge in [0.1, 0.15) is 12.1 Å². The van der Waals surface area contributed by atoms with Crippen LogP contribution in [-0.2, 0) is 16.0 Å². The van der Waals surface area contributed by atoms with Crippen LogP contribution in [0.1, 0.15) is 25.8 Å². The van der Waals surface area contributed by atoms with Crippen LogP contribution in [0.3, 0.4) is 0 Å². The van der Waals surface area contributed by atoms with Gasteiger partial charge in [0.15, 0.2) is 0 Å². The molecule has 0 unspecified atom stereocenters. The highest BCUT2D eigenvalue weighted by Crippen LogP contribution is 2.07. The van der Waals surface area contributed by atoms with E-state index in [2.05, 4.69) is 5.32 Å². The number of carboxylic acid groups (broad SMARTS) is 1. The first-order valence-corrected chi connectivity index (χ1v) is 6.65. The van der Waals surface area contributed by atoms with Gasteiger partial charge < -0.3 is 15.5 Å². The Kier molecular flexibility index (Phi) is 6.18. The van der Waals surface area contributed by atoms with Crippen LogP contribution in [0.25, 0.3) is 0 Å². The molecule has 110 valence electrons. The molecule has 0 aliphatic heterocycles. The third-order valence-electron chi connectivity index (χ3n) is 2.89. The van der Waals surface area contributed by atoms with Crippen molar-refractivity contribution < 1.29 is 19.8 Å². The van der Waals surface area contributed by atoms with Crippen LogP contribution in [-0.4, -0.2) is 34.2 Å². The normalized spacial score (nSPS) is 13.8. The number of amides is 1. The van der Waals surface area contributed by atoms with Crippen LogP contribution in [0.4, 0.5) is 0 Å². The van der Waals surface area contributed by atoms with E-state index in [0.29, 0.717) is 6.42 Å². The third kappa shape index (κ3) is 5.40. The first-order valence-electron chi connectivity index (χ1n) is 6.65. The number of aliphatic carboxylic acids is 1. The Balaban J connectivity index is 2.64. The molecule has 5 heteroatoms. The summed E-state index contributed by atoms with van der Waals surface area (Å²) in [6, 6.07) is 8.02. The molecule has 0 bridgehead atoms. The Morgan fingerprint density at radius 2 is 1.80 bits per heavy atom. The molecule has 1 amide bonds. The summed E-state index contributed by atoms with van der Waals surface area (Å²) >= 11 is 0. The number of carbonyl (C=O) groups excluding carboxylic acids is 1. The van der Waals surface area contributed by atoms with Crippen molar-refractivity contribution in [2.75, 3.05) is 0 Å². The van der Waals surface area contributed by atoms with Gasteiger partial charge in [-0.2, -0.15) is 0 Å². The van der Waals surface area contributed by atoms with Gasteiger partial charge in [0.05, 0.1) is 0 Å². The standard InChI is InChI=1S/C15H21NO4/c1-10(2)8-13(17)14(18)16-12(15(19)20)9-11-6-4-3-5-7-11/h3-7,10,12-13,17H,8-9H2,1-2H3,(H,16,18)(H,19,20)/t12-,13+/m0/s1. The lowest BCUT2D eigenvalue weighted by atomic mass is 10.0. The molecule has 0 aliphatic rings. The van der Waals surface area contributed by atoms with E-state index in [1.165, 1.54) is 0 Å². The van der Waals surface area contributed by atoms with Gasteiger partial charge in [0, 0.05) is 6.42 Å². The fraction of sp³-hybridized carbons (Fsp3) is 0.467. The summed E-state index contributed by atoms with van der Waals surface area (Å²) in [5.41, 5.74) is 0.818. The molecular formula is C15H21NO4. The summed E-state index contributed by atoms with van der Waals surface area (Å²) in [7, 11) is 0. The Morgan fingerprint density at radius 3 is 2.30 bits per heavy atom. The predicted molar refractivity (Wildman–Crippen MR) is 75.2 cm³/mol. The average molecular weight is 279 g/mol. The van der Waals surface area contributed by atoms with Gasteiger partial charge in [-0.25, -0.2) is 4.79 Å². The summed E-state index contributed by atoms with van der Waals surface area (Å²) in [6.45, 7) is 3.77. The maximum absolute atomic E-state index is 11.8. The zero-order valence-electron chi connectivity index (χ0n) is 11.7. The van der Waals surface area contributed by atoms with E-state index in [9.17, 15) is 14.7 Å². The molecule has 5 nitrogen and oxygen atoms in total. The monoisotopic (exact) mass is 279 g/mol. The first kappa shape index (κ1) is 16.2. The number of rotatable bonds is 7. The van der Waals surface area contributed by atoms with Crippen LogP contribution in [0, 0.1) is 5.92 Å². The Hall–Kier alpha value is -1.88. The predicted octanol–water partition coefficient (Wildman–Crippen LogP) is 1.21. The van der Waals surface area contributed by atoms with Crippen LogP contribution >= 0.6 is 0 Å². The summed E-state index contributed by atoms with van der Waals surface area (Å²) in [4.78, 5) is 22.9. The Labute approximate surface area is 118 Å². The summed E-state index contributed by atoms with van der Waals surface area (Å²) in [5, 5.41) is 21.2. The largest absolute Gasteiger partial charge is 0.480 e. The van der Waals surface area contributed by atoms with Crippen molar-refractivity contribution in [3.05, 3.63) is 35.9 Å². The molecule has 0 aromatic heterocycles. The molecule has 0 saturated heterocycles. The van der Waals surface area contributed by atoms with E-state index in [1.54, 1.807) is 12.1 Å². The van der Waals surface area contributed by atoms with Gasteiger partial charge in [0.25, 0.3) is 0 Å². The van der Waals surface area contributed by atoms with Crippen LogP contribution in [0.2, 0.25) is 0 Å². The number of hydrogen-bond acceptors (Lipinski definition) is 3. The van der Waals surface area contributed by atoms with Gasteiger partial charge in [-0.05, 0) is 17.9 Å². The highest BCUT2D eigenvalue weighted by molar-refractivity contribution is 5.86. The number of hydrogen-bond donors (Lipinski definition) is 3. The van der Waals surface area contributed by atoms with Crippen LogP contribution < -0.4 is 5.32 Å². The Morgan fingerprint density at radius 1 is 1.20 bits per heavy atom. The third-order valence-corrected chi connectivity index (χ3v) is 2.89. The zero-order chi connectivity index (χ0) is 15.1. The second kappa shape index (κ2) is 7.65. The van der Waals surface area contributed by atoms with Crippen molar-refractivity contribution in [2.45, 2.75) is 38.8 Å². The van der Waals surface area contributed by atoms with Crippen molar-refractivity contribution in [2.24, 2.45) is 5.92 Å². The second-order valence-corrected chi connectivity index (χ2v) is 5.23. The molecule has 1 rings (SSSR count). The molecular weight excluding hydrogens is 258 g/mol. The van der Waals surface area contributed by atoms with Gasteiger partial charge in [-0.15, -0.1) is 0 Å². The fourth-order valence-electron chi connectivity index (χ4n) is 1.87. The lowest BCUT2D eigenvalue weighted by Crippen LogP contribution is -2.46. The van der Waals surface area contributed by atoms with Gasteiger partial charge in [-0.3, -0.25) is 4.79 Å². The van der Waals surface area contributed by atoms with Crippen molar-refractivity contribution in [1.29, 1.82) is 0 Å². The SMILES string of the molecule is CC(C)C[C@@H](O)C(=O)N[C@@H](Cc1ccccc1)C(=O)O. The molecule has 1 aromatic carbocycles. The van der Waals surface area contributed by atoms with Crippen molar-refractivity contribution in [1.82, 2.24) is 5.32 Å². The quantitative estimate of drug-likeness (QED) is 0.700. The molecule has 2 atom stereocenters. The highest BCUT2D eigenvalue weighted by Gasteiger charge is 2.24. The molecule has 0 saturated carbocycles. The number of aliphatic hydroxyl groups is 1. The summed E-state index contributed by atoms with van der Waals surface area (Å²) in [5.74, 6) is -1.59. The number of benzene rings is 1. The fourth-order valence-corrected chi connectivity index (χ4v) is 1.87. The van der Waals surface area contributed by atoms with Crippen molar-refractivity contribution >= 4 is 11.9 Å². The van der Waals surface area contributed by atoms with Gasteiger partial charge in [0.2, 0.25) is 5.91 Å². The van der Waals surface area contributed by atoms with Crippen molar-refractivity contribution in [3.63, 3.8) is 0 Å². The number of carboxylic acids is 1. The number of carbonyl (C=O) groups is 2. The highest BCUT2D eigenvalue weighted by atomic mass is 16.4. The molecule has 3 N–H and O–H groups in total. The van der Waals surface area contributed by atoms with Crippen LogP contribution in [0.15, 0.2) is 30.3 Å². The van der Waals surface area contributed by atoms with Gasteiger partial charge >= 0.3 is 5.97 Å². The van der Waals surface area contributed by atoms with E-state index < -0.39 is 24.0 Å². The molecule has 1 aromatic rings. The van der Waals surface area contributed by atoms with E-state index in [4.69, 9.17) is 5.11 Å². The zero-order valence-corrected chi connectivity index (χ0v) is 11.7. The van der Waals surface area contributed by atoms with E-state index in [-0.39, 0.29) is 12.3 Å². The maximum Gasteiger partial charge on any atom is 0.326 e. The first-order chi connectivity index (χ1) is 9.40. The maximum atomic E-state index is 11.8. The lowest BCUT2D eigenvalue weighted by Gasteiger charge is -2.18. The topological polar surface area (TPSA) is 86.6 Å². The minimum absolute atomic E-state index is 0.160. The van der Waals surface area contributed by atoms with Gasteiger partial charge in [-0.1, -0.05) is 44.2 Å². The van der Waals surface area contributed by atoms with Crippen molar-refractivity contribution in [3.8, 4) is 0 Å². The number of nitrogens with one attached hydrogen (secondary N) is 1. The minimum Gasteiger partial charge on any atom is -0.480 e. The average Bonchev–Trinajstić information content (AvgIpc) is 2.38.